The van der Waals surface area contributed by atoms with Crippen LogP contribution in [0.3, 0.4) is 0 Å². The lowest BCUT2D eigenvalue weighted by molar-refractivity contribution is 0.0939. The van der Waals surface area contributed by atoms with Gasteiger partial charge in [0.2, 0.25) is 0 Å². The molecule has 1 aromatic carbocycles. The van der Waals surface area contributed by atoms with Crippen molar-refractivity contribution in [1.29, 1.82) is 0 Å². The van der Waals surface area contributed by atoms with Crippen molar-refractivity contribution in [2.45, 2.75) is 13.0 Å². The van der Waals surface area contributed by atoms with E-state index < -0.39 is 0 Å². The van der Waals surface area contributed by atoms with Crippen molar-refractivity contribution in [3.63, 3.8) is 0 Å². The van der Waals surface area contributed by atoms with Crippen LogP contribution in [0.4, 0.5) is 0 Å². The number of benzene rings is 1. The van der Waals surface area contributed by atoms with Crippen LogP contribution < -0.4 is 5.32 Å². The Balaban J connectivity index is 2.10. The van der Waals surface area contributed by atoms with Crippen molar-refractivity contribution in [1.82, 2.24) is 10.3 Å². The number of nitrogens with zero attached hydrogens (tertiary/aromatic N) is 1. The Kier molecular flexibility index (Phi) is 3.98. The van der Waals surface area contributed by atoms with Gasteiger partial charge >= 0.3 is 0 Å². The summed E-state index contributed by atoms with van der Waals surface area (Å²) in [5.74, 6) is -0.190. The van der Waals surface area contributed by atoms with Crippen LogP contribution in [0.25, 0.3) is 0 Å². The zero-order valence-corrected chi connectivity index (χ0v) is 12.0. The summed E-state index contributed by atoms with van der Waals surface area (Å²) in [4.78, 5) is 16.1. The molecule has 2 aromatic rings. The first-order valence-corrected chi connectivity index (χ1v) is 6.94. The molecule has 0 aliphatic carbocycles. The van der Waals surface area contributed by atoms with Crippen LogP contribution in [-0.4, -0.2) is 16.0 Å². The van der Waals surface area contributed by atoms with Crippen LogP contribution in [0.2, 0.25) is 0 Å². The van der Waals surface area contributed by atoms with Gasteiger partial charge in [0, 0.05) is 17.1 Å². The van der Waals surface area contributed by atoms with Crippen molar-refractivity contribution in [2.24, 2.45) is 0 Å². The highest BCUT2D eigenvalue weighted by Crippen LogP contribution is 2.24. The fraction of sp³-hybridized carbons (Fsp3) is 0.167. The molecule has 0 radical (unpaired) electrons. The largest absolute Gasteiger partial charge is 0.507 e. The Hall–Kier alpha value is -1.40. The van der Waals surface area contributed by atoms with Gasteiger partial charge < -0.3 is 10.4 Å². The van der Waals surface area contributed by atoms with Crippen LogP contribution >= 0.6 is 27.3 Å². The Bertz CT molecular complexity index is 557. The summed E-state index contributed by atoms with van der Waals surface area (Å²) in [7, 11) is 0. The first-order valence-electron chi connectivity index (χ1n) is 5.26. The summed E-state index contributed by atoms with van der Waals surface area (Å²) < 4.78 is 0.562. The maximum atomic E-state index is 12.0. The highest BCUT2D eigenvalue weighted by molar-refractivity contribution is 9.10. The minimum atomic E-state index is -0.236. The zero-order chi connectivity index (χ0) is 13.1. The summed E-state index contributed by atoms with van der Waals surface area (Å²) in [6.07, 6.45) is 1.70. The van der Waals surface area contributed by atoms with Gasteiger partial charge in [-0.25, -0.2) is 4.98 Å². The number of phenols is 1. The molecule has 0 saturated carbocycles. The first-order chi connectivity index (χ1) is 8.58. The average Bonchev–Trinajstić information content (AvgIpc) is 2.86. The van der Waals surface area contributed by atoms with Gasteiger partial charge in [-0.1, -0.05) is 0 Å². The molecular formula is C12H11BrN2O2S. The second kappa shape index (κ2) is 5.49. The maximum absolute atomic E-state index is 12.0. The fourth-order valence-electron chi connectivity index (χ4n) is 1.44. The third kappa shape index (κ3) is 2.88. The van der Waals surface area contributed by atoms with E-state index in [1.807, 2.05) is 12.3 Å². The number of carbonyl (C=O) groups excluding carboxylic acids is 1. The fourth-order valence-corrected chi connectivity index (χ4v) is 2.34. The summed E-state index contributed by atoms with van der Waals surface area (Å²) in [5.41, 5.74) is 0.416. The standard InChI is InChI=1S/C12H11BrN2O2S/c1-7(12-14-4-5-18-12)15-11(17)8-2-3-9(13)10(16)6-8/h2-7,16H,1H3,(H,15,17). The smallest absolute Gasteiger partial charge is 0.251 e. The molecule has 0 aliphatic heterocycles. The predicted molar refractivity (Wildman–Crippen MR) is 73.8 cm³/mol. The minimum absolute atomic E-state index is 0.0459. The van der Waals surface area contributed by atoms with Gasteiger partial charge in [-0.15, -0.1) is 11.3 Å². The molecule has 2 rings (SSSR count). The lowest BCUT2D eigenvalue weighted by Gasteiger charge is -2.11. The van der Waals surface area contributed by atoms with E-state index in [9.17, 15) is 9.90 Å². The van der Waals surface area contributed by atoms with Crippen LogP contribution in [0.1, 0.15) is 28.3 Å². The Morgan fingerprint density at radius 2 is 2.33 bits per heavy atom. The molecule has 18 heavy (non-hydrogen) atoms. The van der Waals surface area contributed by atoms with Gasteiger partial charge in [0.05, 0.1) is 10.5 Å². The number of amides is 1. The zero-order valence-electron chi connectivity index (χ0n) is 9.55. The summed E-state index contributed by atoms with van der Waals surface area (Å²) in [6.45, 7) is 1.87. The molecule has 0 aliphatic rings. The highest BCUT2D eigenvalue weighted by atomic mass is 79.9. The van der Waals surface area contributed by atoms with Gasteiger partial charge in [0.25, 0.3) is 5.91 Å². The molecule has 0 fully saturated rings. The van der Waals surface area contributed by atoms with Gasteiger partial charge in [0.15, 0.2) is 0 Å². The van der Waals surface area contributed by atoms with E-state index in [-0.39, 0.29) is 17.7 Å². The molecular weight excluding hydrogens is 316 g/mol. The minimum Gasteiger partial charge on any atom is -0.507 e. The monoisotopic (exact) mass is 326 g/mol. The normalized spacial score (nSPS) is 12.1. The molecule has 4 nitrogen and oxygen atoms in total. The lowest BCUT2D eigenvalue weighted by Crippen LogP contribution is -2.26. The molecule has 1 unspecified atom stereocenters. The Morgan fingerprint density at radius 1 is 1.56 bits per heavy atom. The van der Waals surface area contributed by atoms with Gasteiger partial charge in [0.1, 0.15) is 10.8 Å². The number of nitrogens with one attached hydrogen (secondary N) is 1. The van der Waals surface area contributed by atoms with Gasteiger partial charge in [-0.2, -0.15) is 0 Å². The van der Waals surface area contributed by atoms with Crippen molar-refractivity contribution in [3.8, 4) is 5.75 Å². The molecule has 0 spiro atoms. The number of aromatic nitrogens is 1. The lowest BCUT2D eigenvalue weighted by atomic mass is 10.2. The molecule has 1 atom stereocenters. The van der Waals surface area contributed by atoms with E-state index in [1.54, 1.807) is 18.3 Å². The van der Waals surface area contributed by atoms with E-state index in [4.69, 9.17) is 0 Å². The predicted octanol–water partition coefficient (Wildman–Crippen LogP) is 3.10. The van der Waals surface area contributed by atoms with Crippen LogP contribution in [0.5, 0.6) is 5.75 Å². The van der Waals surface area contributed by atoms with E-state index in [0.717, 1.165) is 5.01 Å². The van der Waals surface area contributed by atoms with Crippen LogP contribution in [0.15, 0.2) is 34.2 Å². The van der Waals surface area contributed by atoms with Crippen molar-refractivity contribution in [2.75, 3.05) is 0 Å². The molecule has 1 aromatic heterocycles. The summed E-state index contributed by atoms with van der Waals surface area (Å²) in [6, 6.07) is 4.56. The highest BCUT2D eigenvalue weighted by Gasteiger charge is 2.14. The number of carbonyl (C=O) groups is 1. The van der Waals surface area contributed by atoms with Crippen molar-refractivity contribution in [3.05, 3.63) is 44.8 Å². The van der Waals surface area contributed by atoms with E-state index in [1.165, 1.54) is 17.4 Å². The number of phenolic OH excluding ortho intramolecular Hbond substituents is 1. The van der Waals surface area contributed by atoms with E-state index in [2.05, 4.69) is 26.2 Å². The molecule has 0 bridgehead atoms. The second-order valence-corrected chi connectivity index (χ2v) is 5.51. The van der Waals surface area contributed by atoms with Gasteiger partial charge in [-0.05, 0) is 41.1 Å². The van der Waals surface area contributed by atoms with Crippen molar-refractivity contribution < 1.29 is 9.90 Å². The van der Waals surface area contributed by atoms with Crippen LogP contribution in [0, 0.1) is 0 Å². The maximum Gasteiger partial charge on any atom is 0.251 e. The van der Waals surface area contributed by atoms with Gasteiger partial charge in [-0.3, -0.25) is 4.79 Å². The number of hydrogen-bond acceptors (Lipinski definition) is 4. The second-order valence-electron chi connectivity index (χ2n) is 3.73. The molecule has 2 N–H and O–H groups in total. The molecule has 0 saturated heterocycles. The molecule has 94 valence electrons. The molecule has 6 heteroatoms. The quantitative estimate of drug-likeness (QED) is 0.911. The first kappa shape index (κ1) is 13.0. The summed E-state index contributed by atoms with van der Waals surface area (Å²) in [5, 5.41) is 15.1. The Labute approximate surface area is 117 Å². The topological polar surface area (TPSA) is 62.2 Å². The van der Waals surface area contributed by atoms with Crippen molar-refractivity contribution >= 4 is 33.2 Å². The van der Waals surface area contributed by atoms with Crippen LogP contribution in [-0.2, 0) is 0 Å². The van der Waals surface area contributed by atoms with E-state index >= 15 is 0 Å². The number of rotatable bonds is 3. The third-order valence-electron chi connectivity index (χ3n) is 2.38. The SMILES string of the molecule is CC(NC(=O)c1ccc(Br)c(O)c1)c1nccs1. The molecule has 1 amide bonds. The third-order valence-corrected chi connectivity index (χ3v) is 4.01. The number of halogens is 1. The number of hydrogen-bond donors (Lipinski definition) is 2. The average molecular weight is 327 g/mol. The summed E-state index contributed by atoms with van der Waals surface area (Å²) >= 11 is 4.66. The Morgan fingerprint density at radius 3 is 2.94 bits per heavy atom. The van der Waals surface area contributed by atoms with E-state index in [0.29, 0.717) is 10.0 Å². The number of aromatic hydroxyl groups is 1. The number of thiazole rings is 1. The molecule has 1 heterocycles.